The van der Waals surface area contributed by atoms with Crippen LogP contribution in [0.25, 0.3) is 0 Å². The second-order valence-corrected chi connectivity index (χ2v) is 8.54. The Morgan fingerprint density at radius 3 is 2.07 bits per heavy atom. The highest BCUT2D eigenvalue weighted by Gasteiger charge is 2.30. The van der Waals surface area contributed by atoms with E-state index in [1.165, 1.54) is 0 Å². The predicted octanol–water partition coefficient (Wildman–Crippen LogP) is 3.47. The minimum Gasteiger partial charge on any atom is -0.444 e. The van der Waals surface area contributed by atoms with E-state index >= 15 is 0 Å². The van der Waals surface area contributed by atoms with Gasteiger partial charge in [-0.15, -0.1) is 0 Å². The lowest BCUT2D eigenvalue weighted by atomic mass is 10.0. The van der Waals surface area contributed by atoms with Crippen LogP contribution in [0.2, 0.25) is 0 Å². The average Bonchev–Trinajstić information content (AvgIpc) is 2.73. The number of para-hydroxylation sites is 1. The molecule has 0 spiro atoms. The lowest BCUT2D eigenvalue weighted by molar-refractivity contribution is -0.133. The van der Waals surface area contributed by atoms with E-state index in [9.17, 15) is 9.59 Å². The molecule has 1 N–H and O–H groups in total. The first-order valence-corrected chi connectivity index (χ1v) is 10.4. The maximum Gasteiger partial charge on any atom is 0.408 e. The summed E-state index contributed by atoms with van der Waals surface area (Å²) in [6.45, 7) is 8.20. The van der Waals surface area contributed by atoms with Gasteiger partial charge in [0.15, 0.2) is 0 Å². The van der Waals surface area contributed by atoms with E-state index in [0.29, 0.717) is 19.5 Å². The van der Waals surface area contributed by atoms with Gasteiger partial charge in [-0.1, -0.05) is 48.5 Å². The molecule has 1 aliphatic heterocycles. The molecular formula is C24H31N3O3. The zero-order valence-corrected chi connectivity index (χ0v) is 18.0. The van der Waals surface area contributed by atoms with Crippen molar-refractivity contribution < 1.29 is 14.3 Å². The number of alkyl carbamates (subject to hydrolysis) is 1. The van der Waals surface area contributed by atoms with Gasteiger partial charge in [0.25, 0.3) is 0 Å². The molecule has 1 aliphatic rings. The molecule has 0 saturated carbocycles. The van der Waals surface area contributed by atoms with Crippen molar-refractivity contribution in [1.82, 2.24) is 10.2 Å². The highest BCUT2D eigenvalue weighted by atomic mass is 16.6. The number of rotatable bonds is 5. The second-order valence-electron chi connectivity index (χ2n) is 8.54. The van der Waals surface area contributed by atoms with E-state index in [1.807, 2.05) is 74.2 Å². The molecule has 6 nitrogen and oxygen atoms in total. The smallest absolute Gasteiger partial charge is 0.408 e. The Bertz CT molecular complexity index is 826. The summed E-state index contributed by atoms with van der Waals surface area (Å²) in [5, 5.41) is 2.80. The predicted molar refractivity (Wildman–Crippen MR) is 119 cm³/mol. The molecular weight excluding hydrogens is 378 g/mol. The van der Waals surface area contributed by atoms with Crippen LogP contribution in [0.1, 0.15) is 26.3 Å². The standard InChI is InChI=1S/C24H31N3O3/c1-24(2,3)30-23(29)25-21(18-19-10-6-4-7-11-19)22(28)27-16-14-26(15-17-27)20-12-8-5-9-13-20/h4-13,21H,14-18H2,1-3H3,(H,25,29)/t21-/m1/s1. The maximum atomic E-state index is 13.3. The molecule has 160 valence electrons. The van der Waals surface area contributed by atoms with Crippen LogP contribution in [0, 0.1) is 0 Å². The van der Waals surface area contributed by atoms with Gasteiger partial charge < -0.3 is 19.9 Å². The van der Waals surface area contributed by atoms with Crippen LogP contribution in [0.5, 0.6) is 0 Å². The van der Waals surface area contributed by atoms with Gasteiger partial charge in [0.2, 0.25) is 5.91 Å². The average molecular weight is 410 g/mol. The molecule has 2 aromatic carbocycles. The number of nitrogens with one attached hydrogen (secondary N) is 1. The molecule has 2 amide bonds. The summed E-state index contributed by atoms with van der Waals surface area (Å²) >= 11 is 0. The van der Waals surface area contributed by atoms with E-state index in [2.05, 4.69) is 22.3 Å². The summed E-state index contributed by atoms with van der Waals surface area (Å²) in [6.07, 6.45) is -0.141. The van der Waals surface area contributed by atoms with Gasteiger partial charge in [0, 0.05) is 38.3 Å². The fourth-order valence-electron chi connectivity index (χ4n) is 3.54. The molecule has 2 aromatic rings. The lowest BCUT2D eigenvalue weighted by Crippen LogP contribution is -2.56. The number of carbonyl (C=O) groups is 2. The van der Waals surface area contributed by atoms with Crippen LogP contribution in [0.15, 0.2) is 60.7 Å². The number of anilines is 1. The van der Waals surface area contributed by atoms with Crippen LogP contribution in [0.4, 0.5) is 10.5 Å². The first-order chi connectivity index (χ1) is 14.3. The van der Waals surface area contributed by atoms with E-state index < -0.39 is 17.7 Å². The summed E-state index contributed by atoms with van der Waals surface area (Å²) in [5.74, 6) is -0.0718. The zero-order valence-electron chi connectivity index (χ0n) is 18.0. The fourth-order valence-corrected chi connectivity index (χ4v) is 3.54. The molecule has 1 saturated heterocycles. The minimum atomic E-state index is -0.662. The van der Waals surface area contributed by atoms with E-state index in [-0.39, 0.29) is 5.91 Å². The van der Waals surface area contributed by atoms with Crippen molar-refractivity contribution >= 4 is 17.7 Å². The largest absolute Gasteiger partial charge is 0.444 e. The Morgan fingerprint density at radius 1 is 0.933 bits per heavy atom. The first kappa shape index (κ1) is 21.7. The van der Waals surface area contributed by atoms with Crippen LogP contribution in [-0.4, -0.2) is 54.7 Å². The van der Waals surface area contributed by atoms with E-state index in [1.54, 1.807) is 0 Å². The number of hydrogen-bond acceptors (Lipinski definition) is 4. The van der Waals surface area contributed by atoms with Gasteiger partial charge in [-0.25, -0.2) is 4.79 Å². The number of ether oxygens (including phenoxy) is 1. The Balaban J connectivity index is 1.66. The quantitative estimate of drug-likeness (QED) is 0.821. The van der Waals surface area contributed by atoms with Crippen molar-refractivity contribution in [2.75, 3.05) is 31.1 Å². The summed E-state index contributed by atoms with van der Waals surface area (Å²) < 4.78 is 5.39. The van der Waals surface area contributed by atoms with Crippen molar-refractivity contribution in [3.05, 3.63) is 66.2 Å². The summed E-state index contributed by atoms with van der Waals surface area (Å²) in [7, 11) is 0. The second kappa shape index (κ2) is 9.65. The SMILES string of the molecule is CC(C)(C)OC(=O)N[C@H](Cc1ccccc1)C(=O)N1CCN(c2ccccc2)CC1. The van der Waals surface area contributed by atoms with Crippen LogP contribution < -0.4 is 10.2 Å². The molecule has 0 aromatic heterocycles. The van der Waals surface area contributed by atoms with Crippen molar-refractivity contribution in [2.45, 2.75) is 38.8 Å². The Morgan fingerprint density at radius 2 is 1.50 bits per heavy atom. The third-order valence-electron chi connectivity index (χ3n) is 4.98. The third-order valence-corrected chi connectivity index (χ3v) is 4.98. The molecule has 0 unspecified atom stereocenters. The molecule has 30 heavy (non-hydrogen) atoms. The van der Waals surface area contributed by atoms with Crippen molar-refractivity contribution in [1.29, 1.82) is 0 Å². The minimum absolute atomic E-state index is 0.0718. The summed E-state index contributed by atoms with van der Waals surface area (Å²) in [4.78, 5) is 29.8. The van der Waals surface area contributed by atoms with Gasteiger partial charge in [-0.2, -0.15) is 0 Å². The number of piperazine rings is 1. The van der Waals surface area contributed by atoms with Crippen LogP contribution in [-0.2, 0) is 16.0 Å². The fraction of sp³-hybridized carbons (Fsp3) is 0.417. The molecule has 1 fully saturated rings. The Labute approximate surface area is 178 Å². The molecule has 3 rings (SSSR count). The van der Waals surface area contributed by atoms with Gasteiger partial charge in [-0.05, 0) is 38.5 Å². The Kier molecular flexibility index (Phi) is 6.98. The molecule has 0 aliphatic carbocycles. The van der Waals surface area contributed by atoms with Gasteiger partial charge in [0.1, 0.15) is 11.6 Å². The van der Waals surface area contributed by atoms with Crippen molar-refractivity contribution in [3.63, 3.8) is 0 Å². The van der Waals surface area contributed by atoms with E-state index in [4.69, 9.17) is 4.74 Å². The molecule has 0 radical (unpaired) electrons. The maximum absolute atomic E-state index is 13.3. The Hall–Kier alpha value is -3.02. The number of carbonyl (C=O) groups excluding carboxylic acids is 2. The number of benzene rings is 2. The molecule has 6 heteroatoms. The number of nitrogens with zero attached hydrogens (tertiary/aromatic N) is 2. The lowest BCUT2D eigenvalue weighted by Gasteiger charge is -2.37. The van der Waals surface area contributed by atoms with Crippen LogP contribution >= 0.6 is 0 Å². The topological polar surface area (TPSA) is 61.9 Å². The normalized spacial score (nSPS) is 15.4. The van der Waals surface area contributed by atoms with Gasteiger partial charge >= 0.3 is 6.09 Å². The number of amides is 2. The number of hydrogen-bond donors (Lipinski definition) is 1. The van der Waals surface area contributed by atoms with E-state index in [0.717, 1.165) is 24.3 Å². The van der Waals surface area contributed by atoms with Gasteiger partial charge in [-0.3, -0.25) is 4.79 Å². The molecule has 1 heterocycles. The van der Waals surface area contributed by atoms with Crippen molar-refractivity contribution in [2.24, 2.45) is 0 Å². The summed E-state index contributed by atoms with van der Waals surface area (Å²) in [6, 6.07) is 19.3. The first-order valence-electron chi connectivity index (χ1n) is 10.4. The third kappa shape index (κ3) is 6.24. The highest BCUT2D eigenvalue weighted by Crippen LogP contribution is 2.17. The monoisotopic (exact) mass is 409 g/mol. The van der Waals surface area contributed by atoms with Crippen LogP contribution in [0.3, 0.4) is 0 Å². The van der Waals surface area contributed by atoms with Crippen molar-refractivity contribution in [3.8, 4) is 0 Å². The zero-order chi connectivity index (χ0) is 21.6. The molecule has 1 atom stereocenters. The molecule has 0 bridgehead atoms. The highest BCUT2D eigenvalue weighted by molar-refractivity contribution is 5.86. The summed E-state index contributed by atoms with van der Waals surface area (Å²) in [5.41, 5.74) is 1.54. The van der Waals surface area contributed by atoms with Gasteiger partial charge in [0.05, 0.1) is 0 Å².